The van der Waals surface area contributed by atoms with Gasteiger partial charge in [-0.15, -0.1) is 0 Å². The van der Waals surface area contributed by atoms with E-state index in [-0.39, 0.29) is 49.5 Å². The minimum atomic E-state index is -1.86. The van der Waals surface area contributed by atoms with Crippen molar-refractivity contribution in [2.24, 2.45) is 29.6 Å². The lowest BCUT2D eigenvalue weighted by molar-refractivity contribution is -0.260. The van der Waals surface area contributed by atoms with E-state index in [2.05, 4.69) is 0 Å². The molecule has 0 fully saturated rings. The summed E-state index contributed by atoms with van der Waals surface area (Å²) in [5, 5.41) is 11.8. The maximum atomic E-state index is 13.0. The third kappa shape index (κ3) is 9.91. The van der Waals surface area contributed by atoms with Crippen LogP contribution in [-0.4, -0.2) is 73.6 Å². The fraction of sp³-hybridized carbons (Fsp3) is 0.742. The molecule has 0 amide bonds. The van der Waals surface area contributed by atoms with Gasteiger partial charge in [0.15, 0.2) is 6.29 Å². The molecule has 0 spiro atoms. The number of carbonyl (C=O) groups excluding carboxylic acids is 4. The summed E-state index contributed by atoms with van der Waals surface area (Å²) in [5.74, 6) is -3.53. The van der Waals surface area contributed by atoms with Gasteiger partial charge < -0.3 is 33.5 Å². The minimum Gasteiger partial charge on any atom is -0.461 e. The molecule has 0 bridgehead atoms. The molecule has 5 atom stereocenters. The van der Waals surface area contributed by atoms with Crippen LogP contribution in [0.2, 0.25) is 0 Å². The number of aliphatic hydroxyl groups is 1. The van der Waals surface area contributed by atoms with Crippen molar-refractivity contribution in [3.05, 3.63) is 23.3 Å². The summed E-state index contributed by atoms with van der Waals surface area (Å²) in [6.45, 7) is 14.0. The zero-order valence-corrected chi connectivity index (χ0v) is 26.3. The topological polar surface area (TPSA) is 144 Å². The molecule has 0 aromatic heterocycles. The number of ether oxygens (including phenoxy) is 6. The van der Waals surface area contributed by atoms with Crippen LogP contribution in [0.25, 0.3) is 0 Å². The van der Waals surface area contributed by atoms with E-state index in [0.717, 1.165) is 0 Å². The van der Waals surface area contributed by atoms with E-state index in [0.29, 0.717) is 11.1 Å². The molecular formula is C31H48O11. The van der Waals surface area contributed by atoms with Crippen molar-refractivity contribution in [2.75, 3.05) is 20.3 Å². The van der Waals surface area contributed by atoms with E-state index < -0.39 is 60.7 Å². The van der Waals surface area contributed by atoms with Crippen molar-refractivity contribution in [3.8, 4) is 0 Å². The average Bonchev–Trinajstić information content (AvgIpc) is 3.21. The molecule has 0 radical (unpaired) electrons. The largest absolute Gasteiger partial charge is 0.461 e. The third-order valence-corrected chi connectivity index (χ3v) is 6.73. The van der Waals surface area contributed by atoms with Gasteiger partial charge in [0.1, 0.15) is 18.8 Å². The van der Waals surface area contributed by atoms with Crippen LogP contribution in [0.15, 0.2) is 23.3 Å². The number of hydrogen-bond donors (Lipinski definition) is 1. The Morgan fingerprint density at radius 3 is 2.00 bits per heavy atom. The van der Waals surface area contributed by atoms with Gasteiger partial charge in [-0.05, 0) is 29.4 Å². The summed E-state index contributed by atoms with van der Waals surface area (Å²) < 4.78 is 33.5. The SMILES string of the molecule is CO[C@@H]1O[C@@H](OC(=O)CC(C)C)[C@H]2C(=C1COC(=O)CC(C)C)C=C[C@]2(O)COC(=O)[C@H](OC(=O)CC(C)C)C(C)C. The molecule has 0 aromatic rings. The zero-order chi connectivity index (χ0) is 31.8. The fourth-order valence-electron chi connectivity index (χ4n) is 4.71. The number of rotatable bonds is 15. The lowest BCUT2D eigenvalue weighted by Gasteiger charge is -2.41. The zero-order valence-electron chi connectivity index (χ0n) is 26.3. The van der Waals surface area contributed by atoms with Gasteiger partial charge >= 0.3 is 23.9 Å². The monoisotopic (exact) mass is 596 g/mol. The minimum absolute atomic E-state index is 0.0122. The predicted molar refractivity (Wildman–Crippen MR) is 151 cm³/mol. The second kappa shape index (κ2) is 15.6. The molecule has 0 saturated carbocycles. The number of esters is 4. The maximum absolute atomic E-state index is 13.0. The van der Waals surface area contributed by atoms with Crippen molar-refractivity contribution in [3.63, 3.8) is 0 Å². The van der Waals surface area contributed by atoms with Gasteiger partial charge in [0.2, 0.25) is 12.4 Å². The van der Waals surface area contributed by atoms with Gasteiger partial charge in [-0.3, -0.25) is 14.4 Å². The molecule has 1 aliphatic carbocycles. The molecule has 2 aliphatic rings. The van der Waals surface area contributed by atoms with Gasteiger partial charge in [0, 0.05) is 37.9 Å². The first-order valence-electron chi connectivity index (χ1n) is 14.6. The standard InChI is InChI=1S/C31H48O11/c1-17(2)12-23(32)38-15-22-21-10-11-31(36,16-39-28(35)27(20(7)8)40-24(33)13-18(3)4)26(21)30(42-29(22)37-9)41-25(34)14-19(5)6/h10-11,17-20,26-27,29-30,36H,12-16H2,1-9H3/t26-,27-,29-,30-,31+/m1/s1. The summed E-state index contributed by atoms with van der Waals surface area (Å²) in [4.78, 5) is 50.3. The quantitative estimate of drug-likeness (QED) is 0.217. The highest BCUT2D eigenvalue weighted by atomic mass is 16.8. The average molecular weight is 597 g/mol. The lowest BCUT2D eigenvalue weighted by Crippen LogP contribution is -2.52. The molecule has 0 aromatic carbocycles. The first kappa shape index (κ1) is 35.4. The van der Waals surface area contributed by atoms with Crippen LogP contribution in [0.5, 0.6) is 0 Å². The van der Waals surface area contributed by atoms with Gasteiger partial charge in [-0.25, -0.2) is 4.79 Å². The molecule has 1 heterocycles. The fourth-order valence-corrected chi connectivity index (χ4v) is 4.71. The van der Waals surface area contributed by atoms with Crippen LogP contribution in [-0.2, 0) is 47.6 Å². The second-order valence-corrected chi connectivity index (χ2v) is 12.6. The third-order valence-electron chi connectivity index (χ3n) is 6.73. The molecule has 11 nitrogen and oxygen atoms in total. The van der Waals surface area contributed by atoms with Crippen LogP contribution in [0.3, 0.4) is 0 Å². The Kier molecular flexibility index (Phi) is 13.2. The van der Waals surface area contributed by atoms with E-state index in [1.807, 2.05) is 41.5 Å². The normalized spacial score (nSPS) is 24.3. The van der Waals surface area contributed by atoms with E-state index in [1.54, 1.807) is 19.9 Å². The Morgan fingerprint density at radius 2 is 1.45 bits per heavy atom. The van der Waals surface area contributed by atoms with Crippen LogP contribution in [0, 0.1) is 29.6 Å². The Labute approximate surface area is 248 Å². The lowest BCUT2D eigenvalue weighted by atomic mass is 9.83. The molecule has 0 saturated heterocycles. The Hall–Kier alpha value is -2.76. The Bertz CT molecular complexity index is 1030. The van der Waals surface area contributed by atoms with Crippen molar-refractivity contribution in [1.82, 2.24) is 0 Å². The van der Waals surface area contributed by atoms with Gasteiger partial charge in [-0.1, -0.05) is 61.5 Å². The molecule has 1 N–H and O–H groups in total. The van der Waals surface area contributed by atoms with Gasteiger partial charge in [0.25, 0.3) is 0 Å². The smallest absolute Gasteiger partial charge is 0.347 e. The van der Waals surface area contributed by atoms with Crippen LogP contribution < -0.4 is 0 Å². The highest BCUT2D eigenvalue weighted by molar-refractivity contribution is 5.79. The summed E-state index contributed by atoms with van der Waals surface area (Å²) in [6, 6.07) is 0. The highest BCUT2D eigenvalue weighted by Crippen LogP contribution is 2.45. The first-order valence-corrected chi connectivity index (χ1v) is 14.6. The van der Waals surface area contributed by atoms with E-state index in [4.69, 9.17) is 28.4 Å². The summed E-state index contributed by atoms with van der Waals surface area (Å²) >= 11 is 0. The van der Waals surface area contributed by atoms with Crippen molar-refractivity contribution < 1.29 is 52.7 Å². The van der Waals surface area contributed by atoms with E-state index in [9.17, 15) is 24.3 Å². The number of carbonyl (C=O) groups is 4. The summed E-state index contributed by atoms with van der Waals surface area (Å²) in [7, 11) is 1.40. The van der Waals surface area contributed by atoms with E-state index in [1.165, 1.54) is 13.2 Å². The number of hydrogen-bond acceptors (Lipinski definition) is 11. The molecular weight excluding hydrogens is 548 g/mol. The van der Waals surface area contributed by atoms with Crippen molar-refractivity contribution in [2.45, 2.75) is 98.9 Å². The molecule has 42 heavy (non-hydrogen) atoms. The van der Waals surface area contributed by atoms with Crippen LogP contribution in [0.4, 0.5) is 0 Å². The number of fused-ring (bicyclic) bond motifs is 1. The molecule has 1 aliphatic heterocycles. The van der Waals surface area contributed by atoms with Crippen LogP contribution in [0.1, 0.15) is 74.7 Å². The first-order chi connectivity index (χ1) is 19.6. The molecule has 238 valence electrons. The Balaban J connectivity index is 2.34. The van der Waals surface area contributed by atoms with E-state index >= 15 is 0 Å². The van der Waals surface area contributed by atoms with Gasteiger partial charge in [0.05, 0.1) is 5.92 Å². The van der Waals surface area contributed by atoms with Gasteiger partial charge in [-0.2, -0.15) is 0 Å². The summed E-state index contributed by atoms with van der Waals surface area (Å²) in [6.07, 6.45) is 0.00783. The number of methoxy groups -OCH3 is 1. The van der Waals surface area contributed by atoms with Crippen LogP contribution >= 0.6 is 0 Å². The van der Waals surface area contributed by atoms with Crippen molar-refractivity contribution >= 4 is 23.9 Å². The maximum Gasteiger partial charge on any atom is 0.347 e. The second-order valence-electron chi connectivity index (χ2n) is 12.6. The molecule has 0 unspecified atom stereocenters. The Morgan fingerprint density at radius 1 is 0.881 bits per heavy atom. The summed E-state index contributed by atoms with van der Waals surface area (Å²) in [5.41, 5.74) is -0.949. The molecule has 11 heteroatoms. The molecule has 2 rings (SSSR count). The van der Waals surface area contributed by atoms with Crippen molar-refractivity contribution in [1.29, 1.82) is 0 Å². The predicted octanol–water partition coefficient (Wildman–Crippen LogP) is 3.86. The number of allylic oxidation sites excluding steroid dienone is 1. The highest BCUT2D eigenvalue weighted by Gasteiger charge is 2.53.